The van der Waals surface area contributed by atoms with Gasteiger partial charge in [-0.2, -0.15) is 0 Å². The molecule has 1 fully saturated rings. The second-order valence-corrected chi connectivity index (χ2v) is 7.30. The van der Waals surface area contributed by atoms with Crippen LogP contribution in [0.5, 0.6) is 0 Å². The van der Waals surface area contributed by atoms with Crippen LogP contribution in [-0.4, -0.2) is 25.6 Å². The lowest BCUT2D eigenvalue weighted by Gasteiger charge is -2.07. The van der Waals surface area contributed by atoms with Crippen molar-refractivity contribution in [2.24, 2.45) is 5.92 Å². The third-order valence-corrected chi connectivity index (χ3v) is 4.29. The number of halogens is 1. The molecule has 106 valence electrons. The molecule has 0 unspecified atom stereocenters. The van der Waals surface area contributed by atoms with E-state index in [2.05, 4.69) is 0 Å². The zero-order chi connectivity index (χ0) is 14.0. The molecule has 0 saturated heterocycles. The molecular formula is C12H16ClNO4S. The van der Waals surface area contributed by atoms with Crippen molar-refractivity contribution >= 4 is 25.7 Å². The number of nitrogens with zero attached hydrogens (tertiary/aromatic N) is 1. The molecule has 0 radical (unpaired) electrons. The van der Waals surface area contributed by atoms with Gasteiger partial charge in [-0.1, -0.05) is 6.92 Å². The first-order chi connectivity index (χ1) is 8.91. The monoisotopic (exact) mass is 305 g/mol. The Balaban J connectivity index is 2.20. The topological polar surface area (TPSA) is 65.4 Å². The summed E-state index contributed by atoms with van der Waals surface area (Å²) in [4.78, 5) is 11.9. The predicted octanol–water partition coefficient (Wildman–Crippen LogP) is 2.39. The molecule has 0 bridgehead atoms. The van der Waals surface area contributed by atoms with Crippen molar-refractivity contribution in [2.45, 2.75) is 37.6 Å². The fourth-order valence-electron chi connectivity index (χ4n) is 1.77. The molecule has 0 amide bonds. The Morgan fingerprint density at radius 3 is 2.74 bits per heavy atom. The first-order valence-corrected chi connectivity index (χ1v) is 8.54. The quantitative estimate of drug-likeness (QED) is 0.598. The molecule has 1 aromatic heterocycles. The van der Waals surface area contributed by atoms with Crippen LogP contribution < -0.4 is 0 Å². The van der Waals surface area contributed by atoms with Gasteiger partial charge in [0.05, 0.1) is 6.61 Å². The summed E-state index contributed by atoms with van der Waals surface area (Å²) in [5.41, 5.74) is 0.238. The number of ether oxygens (including phenoxy) is 1. The van der Waals surface area contributed by atoms with Gasteiger partial charge in [0.15, 0.2) is 0 Å². The van der Waals surface area contributed by atoms with E-state index >= 15 is 0 Å². The van der Waals surface area contributed by atoms with E-state index in [9.17, 15) is 13.2 Å². The van der Waals surface area contributed by atoms with Crippen LogP contribution in [0.15, 0.2) is 17.2 Å². The standard InChI is InChI=1S/C12H16ClNO4S/c1-2-5-14-7-10(19(13,16)17)6-11(14)12(15)18-8-9-3-4-9/h6-7,9H,2-5,8H2,1H3. The van der Waals surface area contributed by atoms with Crippen molar-refractivity contribution in [1.29, 1.82) is 0 Å². The second kappa shape index (κ2) is 5.54. The minimum absolute atomic E-state index is 0.0685. The molecule has 0 atom stereocenters. The minimum Gasteiger partial charge on any atom is -0.461 e. The SMILES string of the molecule is CCCn1cc(S(=O)(=O)Cl)cc1C(=O)OCC1CC1. The van der Waals surface area contributed by atoms with Gasteiger partial charge in [-0.3, -0.25) is 0 Å². The summed E-state index contributed by atoms with van der Waals surface area (Å²) in [5, 5.41) is 0. The fourth-order valence-corrected chi connectivity index (χ4v) is 2.52. The molecule has 2 rings (SSSR count). The lowest BCUT2D eigenvalue weighted by Crippen LogP contribution is -2.13. The molecule has 1 aromatic rings. The van der Waals surface area contributed by atoms with Crippen LogP contribution in [0.4, 0.5) is 0 Å². The van der Waals surface area contributed by atoms with Gasteiger partial charge in [-0.05, 0) is 31.2 Å². The molecular weight excluding hydrogens is 290 g/mol. The van der Waals surface area contributed by atoms with Crippen molar-refractivity contribution in [3.63, 3.8) is 0 Å². The summed E-state index contributed by atoms with van der Waals surface area (Å²) in [5.74, 6) is -0.0262. The lowest BCUT2D eigenvalue weighted by atomic mass is 10.4. The zero-order valence-electron chi connectivity index (χ0n) is 10.6. The Bertz CT molecular complexity index is 575. The van der Waals surface area contributed by atoms with Gasteiger partial charge < -0.3 is 9.30 Å². The van der Waals surface area contributed by atoms with Crippen molar-refractivity contribution in [2.75, 3.05) is 6.61 Å². The molecule has 5 nitrogen and oxygen atoms in total. The summed E-state index contributed by atoms with van der Waals surface area (Å²) in [7, 11) is 1.46. The van der Waals surface area contributed by atoms with Gasteiger partial charge in [-0.25, -0.2) is 13.2 Å². The average Bonchev–Trinajstić information content (AvgIpc) is 3.04. The zero-order valence-corrected chi connectivity index (χ0v) is 12.2. The van der Waals surface area contributed by atoms with E-state index < -0.39 is 15.0 Å². The highest BCUT2D eigenvalue weighted by Gasteiger charge is 2.25. The van der Waals surface area contributed by atoms with E-state index in [1.54, 1.807) is 4.57 Å². The molecule has 1 saturated carbocycles. The molecule has 1 heterocycles. The Morgan fingerprint density at radius 1 is 1.53 bits per heavy atom. The number of rotatable bonds is 6. The number of carbonyl (C=O) groups excluding carboxylic acids is 1. The van der Waals surface area contributed by atoms with Crippen LogP contribution in [0.2, 0.25) is 0 Å². The third kappa shape index (κ3) is 3.73. The molecule has 1 aliphatic rings. The highest BCUT2D eigenvalue weighted by molar-refractivity contribution is 8.13. The van der Waals surface area contributed by atoms with Gasteiger partial charge in [0, 0.05) is 23.4 Å². The molecule has 7 heteroatoms. The van der Waals surface area contributed by atoms with Crippen molar-refractivity contribution in [1.82, 2.24) is 4.57 Å². The average molecular weight is 306 g/mol. The van der Waals surface area contributed by atoms with Gasteiger partial charge >= 0.3 is 5.97 Å². The molecule has 0 aliphatic heterocycles. The number of aromatic nitrogens is 1. The van der Waals surface area contributed by atoms with Crippen LogP contribution in [0.3, 0.4) is 0 Å². The van der Waals surface area contributed by atoms with Crippen molar-refractivity contribution in [3.8, 4) is 0 Å². The Kier molecular flexibility index (Phi) is 4.20. The Labute approximate surface area is 116 Å². The second-order valence-electron chi connectivity index (χ2n) is 4.73. The summed E-state index contributed by atoms with van der Waals surface area (Å²) in [6.45, 7) is 2.88. The van der Waals surface area contributed by atoms with E-state index in [-0.39, 0.29) is 10.6 Å². The number of hydrogen-bond acceptors (Lipinski definition) is 4. The number of aryl methyl sites for hydroxylation is 1. The highest BCUT2D eigenvalue weighted by Crippen LogP contribution is 2.29. The first-order valence-electron chi connectivity index (χ1n) is 6.23. The van der Waals surface area contributed by atoms with E-state index in [0.29, 0.717) is 19.1 Å². The molecule has 0 aromatic carbocycles. The summed E-state index contributed by atoms with van der Waals surface area (Å²) in [6.07, 6.45) is 4.33. The predicted molar refractivity (Wildman–Crippen MR) is 70.8 cm³/mol. The van der Waals surface area contributed by atoms with Gasteiger partial charge in [-0.15, -0.1) is 0 Å². The van der Waals surface area contributed by atoms with Gasteiger partial charge in [0.2, 0.25) is 0 Å². The molecule has 1 aliphatic carbocycles. The van der Waals surface area contributed by atoms with Gasteiger partial charge in [0.25, 0.3) is 9.05 Å². The van der Waals surface area contributed by atoms with Crippen molar-refractivity contribution in [3.05, 3.63) is 18.0 Å². The van der Waals surface area contributed by atoms with Crippen LogP contribution in [0.1, 0.15) is 36.7 Å². The summed E-state index contributed by atoms with van der Waals surface area (Å²) < 4.78 is 29.3. The fraction of sp³-hybridized carbons (Fsp3) is 0.583. The largest absolute Gasteiger partial charge is 0.461 e. The van der Waals surface area contributed by atoms with Crippen molar-refractivity contribution < 1.29 is 17.9 Å². The highest BCUT2D eigenvalue weighted by atomic mass is 35.7. The maximum absolute atomic E-state index is 11.9. The smallest absolute Gasteiger partial charge is 0.354 e. The lowest BCUT2D eigenvalue weighted by molar-refractivity contribution is 0.0473. The van der Waals surface area contributed by atoms with E-state index in [1.807, 2.05) is 6.92 Å². The molecule has 0 spiro atoms. The Hall–Kier alpha value is -1.01. The number of carbonyl (C=O) groups is 1. The van der Waals surface area contributed by atoms with E-state index in [1.165, 1.54) is 12.3 Å². The molecule has 19 heavy (non-hydrogen) atoms. The van der Waals surface area contributed by atoms with E-state index in [4.69, 9.17) is 15.4 Å². The first kappa shape index (κ1) is 14.4. The van der Waals surface area contributed by atoms with Crippen LogP contribution in [0, 0.1) is 5.92 Å². The van der Waals surface area contributed by atoms with Crippen LogP contribution in [0.25, 0.3) is 0 Å². The maximum atomic E-state index is 11.9. The number of hydrogen-bond donors (Lipinski definition) is 0. The summed E-state index contributed by atoms with van der Waals surface area (Å²) >= 11 is 0. The van der Waals surface area contributed by atoms with Gasteiger partial charge in [0.1, 0.15) is 10.6 Å². The maximum Gasteiger partial charge on any atom is 0.354 e. The Morgan fingerprint density at radius 2 is 2.21 bits per heavy atom. The normalized spacial score (nSPS) is 15.5. The minimum atomic E-state index is -3.83. The summed E-state index contributed by atoms with van der Waals surface area (Å²) in [6, 6.07) is 1.27. The van der Waals surface area contributed by atoms with Crippen LogP contribution in [-0.2, 0) is 20.3 Å². The van der Waals surface area contributed by atoms with E-state index in [0.717, 1.165) is 19.3 Å². The number of esters is 1. The third-order valence-electron chi connectivity index (χ3n) is 2.97. The van der Waals surface area contributed by atoms with Crippen LogP contribution >= 0.6 is 10.7 Å². The molecule has 0 N–H and O–H groups in total.